The lowest BCUT2D eigenvalue weighted by Gasteiger charge is -2.23. The summed E-state index contributed by atoms with van der Waals surface area (Å²) in [7, 11) is 0. The van der Waals surface area contributed by atoms with Crippen molar-refractivity contribution in [2.75, 3.05) is 5.32 Å². The highest BCUT2D eigenvalue weighted by atomic mass is 15.4. The van der Waals surface area contributed by atoms with E-state index < -0.39 is 0 Å². The van der Waals surface area contributed by atoms with Crippen molar-refractivity contribution < 1.29 is 0 Å². The molecule has 1 fully saturated rings. The van der Waals surface area contributed by atoms with Crippen molar-refractivity contribution in [2.24, 2.45) is 0 Å². The van der Waals surface area contributed by atoms with E-state index in [1.54, 1.807) is 0 Å². The highest BCUT2D eigenvalue weighted by Gasteiger charge is 2.15. The number of nitrogens with one attached hydrogen (secondary N) is 1. The number of nitrogens with zero attached hydrogens (tertiary/aromatic N) is 4. The summed E-state index contributed by atoms with van der Waals surface area (Å²) in [6, 6.07) is 4.55. The number of hydrogen-bond donors (Lipinski definition) is 1. The van der Waals surface area contributed by atoms with Crippen molar-refractivity contribution in [1.29, 1.82) is 0 Å². The zero-order valence-corrected chi connectivity index (χ0v) is 11.6. The predicted octanol–water partition coefficient (Wildman–Crippen LogP) is 2.99. The van der Waals surface area contributed by atoms with Gasteiger partial charge in [0.1, 0.15) is 5.82 Å². The average Bonchev–Trinajstić information content (AvgIpc) is 2.83. The molecule has 0 aromatic carbocycles. The maximum Gasteiger partial charge on any atom is 0.178 e. The van der Waals surface area contributed by atoms with Gasteiger partial charge >= 0.3 is 0 Å². The molecule has 0 radical (unpaired) electrons. The van der Waals surface area contributed by atoms with E-state index >= 15 is 0 Å². The van der Waals surface area contributed by atoms with Gasteiger partial charge in [0.25, 0.3) is 0 Å². The maximum atomic E-state index is 4.63. The van der Waals surface area contributed by atoms with Crippen LogP contribution in [0.4, 0.5) is 5.82 Å². The molecule has 5 nitrogen and oxygen atoms in total. The Morgan fingerprint density at radius 3 is 2.68 bits per heavy atom. The fraction of sp³-hybridized carbons (Fsp3) is 0.643. The summed E-state index contributed by atoms with van der Waals surface area (Å²) in [5.74, 6) is 2.18. The van der Waals surface area contributed by atoms with Gasteiger partial charge in [-0.05, 0) is 25.0 Å². The van der Waals surface area contributed by atoms with E-state index in [0.717, 1.165) is 17.3 Å². The summed E-state index contributed by atoms with van der Waals surface area (Å²) in [4.78, 5) is 0. The first-order valence-corrected chi connectivity index (χ1v) is 7.23. The number of anilines is 1. The smallest absolute Gasteiger partial charge is 0.178 e. The molecule has 0 amide bonds. The Balaban J connectivity index is 1.85. The summed E-state index contributed by atoms with van der Waals surface area (Å²) >= 11 is 0. The Labute approximate surface area is 113 Å². The van der Waals surface area contributed by atoms with Crippen LogP contribution in [0.25, 0.3) is 5.65 Å². The van der Waals surface area contributed by atoms with E-state index in [0.29, 0.717) is 12.0 Å². The Morgan fingerprint density at radius 1 is 1.16 bits per heavy atom. The molecule has 2 heterocycles. The van der Waals surface area contributed by atoms with E-state index in [1.807, 2.05) is 16.6 Å². The van der Waals surface area contributed by atoms with Crippen LogP contribution in [0.1, 0.15) is 57.7 Å². The van der Waals surface area contributed by atoms with Crippen molar-refractivity contribution in [1.82, 2.24) is 19.8 Å². The predicted molar refractivity (Wildman–Crippen MR) is 75.4 cm³/mol. The third kappa shape index (κ3) is 2.55. The van der Waals surface area contributed by atoms with Crippen LogP contribution >= 0.6 is 0 Å². The van der Waals surface area contributed by atoms with Crippen molar-refractivity contribution in [3.63, 3.8) is 0 Å². The van der Waals surface area contributed by atoms with E-state index in [1.165, 1.54) is 32.1 Å². The van der Waals surface area contributed by atoms with Gasteiger partial charge in [-0.3, -0.25) is 0 Å². The second-order valence-electron chi connectivity index (χ2n) is 5.68. The molecule has 0 atom stereocenters. The Bertz CT molecular complexity index is 554. The first kappa shape index (κ1) is 12.4. The fourth-order valence-corrected chi connectivity index (χ4v) is 2.70. The van der Waals surface area contributed by atoms with E-state index in [4.69, 9.17) is 0 Å². The number of aromatic nitrogens is 4. The Kier molecular flexibility index (Phi) is 3.36. The lowest BCUT2D eigenvalue weighted by Crippen LogP contribution is -2.23. The van der Waals surface area contributed by atoms with Crippen LogP contribution in [-0.4, -0.2) is 25.9 Å². The minimum Gasteiger partial charge on any atom is -0.366 e. The highest BCUT2D eigenvalue weighted by Crippen LogP contribution is 2.21. The lowest BCUT2D eigenvalue weighted by atomic mass is 9.95. The molecular formula is C14H21N5. The summed E-state index contributed by atoms with van der Waals surface area (Å²) in [5.41, 5.74) is 0.817. The van der Waals surface area contributed by atoms with Gasteiger partial charge in [-0.15, -0.1) is 15.3 Å². The van der Waals surface area contributed by atoms with Crippen LogP contribution in [0, 0.1) is 0 Å². The second-order valence-corrected chi connectivity index (χ2v) is 5.68. The molecule has 0 saturated heterocycles. The lowest BCUT2D eigenvalue weighted by molar-refractivity contribution is 0.461. The summed E-state index contributed by atoms with van der Waals surface area (Å²) in [6.45, 7) is 4.22. The van der Waals surface area contributed by atoms with Crippen molar-refractivity contribution in [3.05, 3.63) is 18.0 Å². The standard InChI is InChI=1S/C14H21N5/c1-10(2)14-17-16-13-9-8-12(18-19(13)14)15-11-6-4-3-5-7-11/h8-11H,3-7H2,1-2H3,(H,15,18). The van der Waals surface area contributed by atoms with Crippen molar-refractivity contribution in [3.8, 4) is 0 Å². The van der Waals surface area contributed by atoms with Crippen LogP contribution in [0.5, 0.6) is 0 Å². The molecule has 1 N–H and O–H groups in total. The van der Waals surface area contributed by atoms with E-state index in [9.17, 15) is 0 Å². The molecule has 1 saturated carbocycles. The topological polar surface area (TPSA) is 55.1 Å². The van der Waals surface area contributed by atoms with Gasteiger partial charge in [-0.1, -0.05) is 33.1 Å². The molecule has 2 aromatic heterocycles. The molecule has 2 aromatic rings. The van der Waals surface area contributed by atoms with Gasteiger partial charge in [-0.2, -0.15) is 4.52 Å². The number of rotatable bonds is 3. The Hall–Kier alpha value is -1.65. The summed E-state index contributed by atoms with van der Waals surface area (Å²) in [5, 5.41) is 16.5. The molecular weight excluding hydrogens is 238 g/mol. The molecule has 102 valence electrons. The molecule has 1 aliphatic rings. The van der Waals surface area contributed by atoms with Gasteiger partial charge in [0.15, 0.2) is 11.5 Å². The molecule has 19 heavy (non-hydrogen) atoms. The average molecular weight is 259 g/mol. The van der Waals surface area contributed by atoms with Crippen LogP contribution < -0.4 is 5.32 Å². The van der Waals surface area contributed by atoms with Gasteiger partial charge in [0.2, 0.25) is 0 Å². The van der Waals surface area contributed by atoms with Gasteiger partial charge in [0.05, 0.1) is 0 Å². The molecule has 0 unspecified atom stereocenters. The van der Waals surface area contributed by atoms with Crippen LogP contribution in [-0.2, 0) is 0 Å². The van der Waals surface area contributed by atoms with Crippen molar-refractivity contribution in [2.45, 2.75) is 57.9 Å². The SMILES string of the molecule is CC(C)c1nnc2ccc(NC3CCCCC3)nn12. The quantitative estimate of drug-likeness (QED) is 0.920. The van der Waals surface area contributed by atoms with E-state index in [-0.39, 0.29) is 0 Å². The third-order valence-electron chi connectivity index (χ3n) is 3.76. The monoisotopic (exact) mass is 259 g/mol. The first-order valence-electron chi connectivity index (χ1n) is 7.23. The summed E-state index contributed by atoms with van der Waals surface area (Å²) in [6.07, 6.45) is 6.51. The number of fused-ring (bicyclic) bond motifs is 1. The molecule has 0 bridgehead atoms. The van der Waals surface area contributed by atoms with Crippen molar-refractivity contribution >= 4 is 11.5 Å². The Morgan fingerprint density at radius 2 is 1.95 bits per heavy atom. The molecule has 5 heteroatoms. The first-order chi connectivity index (χ1) is 9.24. The fourth-order valence-electron chi connectivity index (χ4n) is 2.70. The summed E-state index contributed by atoms with van der Waals surface area (Å²) < 4.78 is 1.86. The zero-order chi connectivity index (χ0) is 13.2. The normalized spacial score (nSPS) is 17.2. The molecule has 0 aliphatic heterocycles. The van der Waals surface area contributed by atoms with Crippen LogP contribution in [0.15, 0.2) is 12.1 Å². The largest absolute Gasteiger partial charge is 0.366 e. The van der Waals surface area contributed by atoms with E-state index in [2.05, 4.69) is 34.5 Å². The third-order valence-corrected chi connectivity index (χ3v) is 3.76. The highest BCUT2D eigenvalue weighted by molar-refractivity contribution is 5.44. The maximum absolute atomic E-state index is 4.63. The molecule has 0 spiro atoms. The number of hydrogen-bond acceptors (Lipinski definition) is 4. The minimum atomic E-state index is 0.326. The molecule has 3 rings (SSSR count). The minimum absolute atomic E-state index is 0.326. The second kappa shape index (κ2) is 5.15. The molecule has 1 aliphatic carbocycles. The van der Waals surface area contributed by atoms with Gasteiger partial charge in [0, 0.05) is 12.0 Å². The van der Waals surface area contributed by atoms with Gasteiger partial charge < -0.3 is 5.32 Å². The van der Waals surface area contributed by atoms with Crippen LogP contribution in [0.2, 0.25) is 0 Å². The zero-order valence-electron chi connectivity index (χ0n) is 11.6. The van der Waals surface area contributed by atoms with Crippen LogP contribution in [0.3, 0.4) is 0 Å². The van der Waals surface area contributed by atoms with Gasteiger partial charge in [-0.25, -0.2) is 0 Å².